The maximum absolute atomic E-state index is 13.3. The first kappa shape index (κ1) is 14.0. The van der Waals surface area contributed by atoms with Crippen LogP contribution in [0.5, 0.6) is 0 Å². The molecule has 0 heterocycles. The molecule has 2 unspecified atom stereocenters. The number of methoxy groups -OCH3 is 1. The summed E-state index contributed by atoms with van der Waals surface area (Å²) in [5.41, 5.74) is -0.229. The zero-order valence-corrected chi connectivity index (χ0v) is 9.71. The van der Waals surface area contributed by atoms with Gasteiger partial charge in [-0.25, -0.2) is 13.2 Å². The molecule has 0 aromatic heterocycles. The smallest absolute Gasteiger partial charge is 0.194 e. The van der Waals surface area contributed by atoms with Crippen molar-refractivity contribution in [2.45, 2.75) is 32.0 Å². The topological polar surface area (TPSA) is 29.5 Å². The molecule has 1 aromatic rings. The predicted molar refractivity (Wildman–Crippen MR) is 57.0 cm³/mol. The van der Waals surface area contributed by atoms with Crippen molar-refractivity contribution in [3.05, 3.63) is 35.1 Å². The molecule has 0 amide bonds. The molecular weight excluding hydrogens is 233 g/mol. The second-order valence-corrected chi connectivity index (χ2v) is 3.90. The SMILES string of the molecule is COC(C)CCC(O)c1ccc(F)c(F)c1F. The lowest BCUT2D eigenvalue weighted by Crippen LogP contribution is -2.09. The van der Waals surface area contributed by atoms with E-state index in [1.165, 1.54) is 7.11 Å². The fraction of sp³-hybridized carbons (Fsp3) is 0.500. The Bertz CT molecular complexity index is 382. The van der Waals surface area contributed by atoms with E-state index < -0.39 is 23.6 Å². The van der Waals surface area contributed by atoms with Gasteiger partial charge in [0.25, 0.3) is 0 Å². The number of halogens is 3. The molecule has 0 aliphatic heterocycles. The summed E-state index contributed by atoms with van der Waals surface area (Å²) in [4.78, 5) is 0. The van der Waals surface area contributed by atoms with Crippen LogP contribution in [0.3, 0.4) is 0 Å². The molecule has 96 valence electrons. The molecule has 0 spiro atoms. The molecular formula is C12H15F3O2. The van der Waals surface area contributed by atoms with Crippen molar-refractivity contribution in [3.8, 4) is 0 Å². The van der Waals surface area contributed by atoms with Gasteiger partial charge in [-0.1, -0.05) is 6.07 Å². The summed E-state index contributed by atoms with van der Waals surface area (Å²) >= 11 is 0. The average molecular weight is 248 g/mol. The number of benzene rings is 1. The molecule has 1 rings (SSSR count). The molecule has 5 heteroatoms. The molecule has 1 N–H and O–H groups in total. The minimum atomic E-state index is -1.55. The average Bonchev–Trinajstić information content (AvgIpc) is 2.32. The van der Waals surface area contributed by atoms with Crippen molar-refractivity contribution < 1.29 is 23.0 Å². The number of hydrogen-bond donors (Lipinski definition) is 1. The maximum atomic E-state index is 13.3. The summed E-state index contributed by atoms with van der Waals surface area (Å²) in [5.74, 6) is -4.15. The van der Waals surface area contributed by atoms with Crippen molar-refractivity contribution in [1.82, 2.24) is 0 Å². The summed E-state index contributed by atoms with van der Waals surface area (Å²) in [6, 6.07) is 1.85. The summed E-state index contributed by atoms with van der Waals surface area (Å²) in [6.45, 7) is 1.80. The van der Waals surface area contributed by atoms with Crippen LogP contribution in [0.2, 0.25) is 0 Å². The Hall–Kier alpha value is -1.07. The lowest BCUT2D eigenvalue weighted by Gasteiger charge is -2.15. The summed E-state index contributed by atoms with van der Waals surface area (Å²) in [7, 11) is 1.52. The quantitative estimate of drug-likeness (QED) is 0.812. The number of ether oxygens (including phenoxy) is 1. The number of rotatable bonds is 5. The van der Waals surface area contributed by atoms with E-state index in [0.29, 0.717) is 6.42 Å². The summed E-state index contributed by atoms with van der Waals surface area (Å²) < 4.78 is 43.9. The molecule has 17 heavy (non-hydrogen) atoms. The van der Waals surface area contributed by atoms with E-state index in [2.05, 4.69) is 0 Å². The van der Waals surface area contributed by atoms with Crippen LogP contribution in [0.25, 0.3) is 0 Å². The van der Waals surface area contributed by atoms with E-state index in [1.807, 2.05) is 0 Å². The highest BCUT2D eigenvalue weighted by atomic mass is 19.2. The van der Waals surface area contributed by atoms with Gasteiger partial charge in [-0.2, -0.15) is 0 Å². The van der Waals surface area contributed by atoms with Crippen molar-refractivity contribution in [2.75, 3.05) is 7.11 Å². The Labute approximate surface area is 98.0 Å². The van der Waals surface area contributed by atoms with Crippen molar-refractivity contribution >= 4 is 0 Å². The minimum absolute atomic E-state index is 0.0852. The number of aliphatic hydroxyl groups is 1. The molecule has 2 nitrogen and oxygen atoms in total. The van der Waals surface area contributed by atoms with Crippen LogP contribution < -0.4 is 0 Å². The van der Waals surface area contributed by atoms with Gasteiger partial charge in [-0.15, -0.1) is 0 Å². The van der Waals surface area contributed by atoms with E-state index in [-0.39, 0.29) is 18.1 Å². The third kappa shape index (κ3) is 3.44. The summed E-state index contributed by atoms with van der Waals surface area (Å²) in [5, 5.41) is 9.68. The molecule has 0 saturated carbocycles. The monoisotopic (exact) mass is 248 g/mol. The highest BCUT2D eigenvalue weighted by Crippen LogP contribution is 2.25. The molecule has 2 atom stereocenters. The molecule has 0 aliphatic carbocycles. The van der Waals surface area contributed by atoms with Gasteiger partial charge in [-0.3, -0.25) is 0 Å². The van der Waals surface area contributed by atoms with Gasteiger partial charge in [0.2, 0.25) is 0 Å². The predicted octanol–water partition coefficient (Wildman–Crippen LogP) is 2.95. The van der Waals surface area contributed by atoms with Crippen molar-refractivity contribution in [3.63, 3.8) is 0 Å². The zero-order valence-electron chi connectivity index (χ0n) is 9.71. The van der Waals surface area contributed by atoms with Crippen LogP contribution in [0.4, 0.5) is 13.2 Å². The van der Waals surface area contributed by atoms with E-state index >= 15 is 0 Å². The van der Waals surface area contributed by atoms with Crippen LogP contribution >= 0.6 is 0 Å². The molecule has 0 fully saturated rings. The first-order valence-corrected chi connectivity index (χ1v) is 5.31. The Morgan fingerprint density at radius 3 is 2.41 bits per heavy atom. The van der Waals surface area contributed by atoms with E-state index in [9.17, 15) is 18.3 Å². The van der Waals surface area contributed by atoms with Gasteiger partial charge in [0.1, 0.15) is 0 Å². The largest absolute Gasteiger partial charge is 0.388 e. The molecule has 0 bridgehead atoms. The lowest BCUT2D eigenvalue weighted by atomic mass is 10.0. The third-order valence-corrected chi connectivity index (χ3v) is 2.67. The second-order valence-electron chi connectivity index (χ2n) is 3.90. The third-order valence-electron chi connectivity index (χ3n) is 2.67. The lowest BCUT2D eigenvalue weighted by molar-refractivity contribution is 0.0838. The van der Waals surface area contributed by atoms with Crippen molar-refractivity contribution in [1.29, 1.82) is 0 Å². The Kier molecular flexibility index (Phi) is 4.96. The first-order chi connectivity index (χ1) is 7.97. The Balaban J connectivity index is 2.76. The fourth-order valence-corrected chi connectivity index (χ4v) is 1.46. The fourth-order valence-electron chi connectivity index (χ4n) is 1.46. The van der Waals surface area contributed by atoms with Gasteiger partial charge in [0, 0.05) is 12.7 Å². The molecule has 1 aromatic carbocycles. The molecule has 0 radical (unpaired) electrons. The van der Waals surface area contributed by atoms with Crippen LogP contribution in [0.1, 0.15) is 31.4 Å². The maximum Gasteiger partial charge on any atom is 0.194 e. The molecule has 0 saturated heterocycles. The number of aliphatic hydroxyl groups excluding tert-OH is 1. The first-order valence-electron chi connectivity index (χ1n) is 5.31. The van der Waals surface area contributed by atoms with E-state index in [4.69, 9.17) is 4.74 Å². The van der Waals surface area contributed by atoms with Crippen LogP contribution in [-0.2, 0) is 4.74 Å². The number of hydrogen-bond acceptors (Lipinski definition) is 2. The van der Waals surface area contributed by atoms with Gasteiger partial charge in [0.15, 0.2) is 17.5 Å². The Morgan fingerprint density at radius 2 is 1.82 bits per heavy atom. The highest BCUT2D eigenvalue weighted by Gasteiger charge is 2.19. The van der Waals surface area contributed by atoms with Gasteiger partial charge in [-0.05, 0) is 25.8 Å². The van der Waals surface area contributed by atoms with Crippen LogP contribution in [0.15, 0.2) is 12.1 Å². The van der Waals surface area contributed by atoms with E-state index in [1.54, 1.807) is 6.92 Å². The highest BCUT2D eigenvalue weighted by molar-refractivity contribution is 5.22. The summed E-state index contributed by atoms with van der Waals surface area (Å²) in [6.07, 6.45) is -0.534. The van der Waals surface area contributed by atoms with Crippen molar-refractivity contribution in [2.24, 2.45) is 0 Å². The second kappa shape index (κ2) is 6.02. The van der Waals surface area contributed by atoms with Gasteiger partial charge in [0.05, 0.1) is 12.2 Å². The van der Waals surface area contributed by atoms with Gasteiger partial charge < -0.3 is 9.84 Å². The Morgan fingerprint density at radius 1 is 1.18 bits per heavy atom. The standard InChI is InChI=1S/C12H15F3O2/c1-7(17-2)3-6-10(16)8-4-5-9(13)12(15)11(8)14/h4-5,7,10,16H,3,6H2,1-2H3. The zero-order chi connectivity index (χ0) is 13.0. The van der Waals surface area contributed by atoms with E-state index in [0.717, 1.165) is 12.1 Å². The minimum Gasteiger partial charge on any atom is -0.388 e. The van der Waals surface area contributed by atoms with Crippen LogP contribution in [0, 0.1) is 17.5 Å². The van der Waals surface area contributed by atoms with Crippen LogP contribution in [-0.4, -0.2) is 18.3 Å². The molecule has 0 aliphatic rings. The van der Waals surface area contributed by atoms with Gasteiger partial charge >= 0.3 is 0 Å². The normalized spacial score (nSPS) is 14.7.